The van der Waals surface area contributed by atoms with Crippen LogP contribution in [-0.4, -0.2) is 56.2 Å². The number of aliphatic carboxylic acids is 1. The first-order valence-electron chi connectivity index (χ1n) is 7.44. The molecule has 0 radical (unpaired) electrons. The second kappa shape index (κ2) is 7.71. The smallest absolute Gasteiger partial charge is 0.328 e. The molecule has 126 valence electrons. The van der Waals surface area contributed by atoms with Crippen LogP contribution in [0.2, 0.25) is 0 Å². The molecule has 1 aliphatic heterocycles. The zero-order valence-electron chi connectivity index (χ0n) is 13.6. The van der Waals surface area contributed by atoms with Crippen LogP contribution in [0, 0.1) is 0 Å². The van der Waals surface area contributed by atoms with Crippen molar-refractivity contribution >= 4 is 12.2 Å². The van der Waals surface area contributed by atoms with Gasteiger partial charge in [0.25, 0.3) is 0 Å². The first-order chi connectivity index (χ1) is 11.1. The lowest BCUT2D eigenvalue weighted by atomic mass is 10.0. The second-order valence-electron chi connectivity index (χ2n) is 5.18. The van der Waals surface area contributed by atoms with Gasteiger partial charge in [-0.1, -0.05) is 0 Å². The van der Waals surface area contributed by atoms with Crippen LogP contribution in [0.5, 0.6) is 17.2 Å². The molecule has 1 aromatic rings. The van der Waals surface area contributed by atoms with Crippen molar-refractivity contribution in [3.63, 3.8) is 0 Å². The topological polar surface area (TPSA) is 80.6 Å². The Morgan fingerprint density at radius 1 is 1.22 bits per heavy atom. The summed E-state index contributed by atoms with van der Waals surface area (Å²) < 4.78 is 16.0. The van der Waals surface area contributed by atoms with E-state index in [1.807, 2.05) is 0 Å². The SMILES string of the molecule is COc1ccc(/C=N/N2CCCCC2C(=O)O)c(OC)c1OC. The van der Waals surface area contributed by atoms with Gasteiger partial charge < -0.3 is 19.3 Å². The molecular weight excluding hydrogens is 300 g/mol. The number of benzene rings is 1. The number of piperidine rings is 1. The molecule has 1 N–H and O–H groups in total. The van der Waals surface area contributed by atoms with Crippen molar-refractivity contribution < 1.29 is 24.1 Å². The predicted octanol–water partition coefficient (Wildman–Crippen LogP) is 1.99. The summed E-state index contributed by atoms with van der Waals surface area (Å²) in [5.74, 6) is 0.691. The van der Waals surface area contributed by atoms with Gasteiger partial charge in [-0.3, -0.25) is 5.01 Å². The fourth-order valence-electron chi connectivity index (χ4n) is 2.67. The van der Waals surface area contributed by atoms with E-state index >= 15 is 0 Å². The lowest BCUT2D eigenvalue weighted by molar-refractivity contribution is -0.144. The Hall–Kier alpha value is -2.44. The Kier molecular flexibility index (Phi) is 5.67. The summed E-state index contributed by atoms with van der Waals surface area (Å²) in [4.78, 5) is 11.3. The molecule has 0 aromatic heterocycles. The molecule has 7 heteroatoms. The van der Waals surface area contributed by atoms with Gasteiger partial charge in [0.15, 0.2) is 11.5 Å². The summed E-state index contributed by atoms with van der Waals surface area (Å²) in [7, 11) is 4.62. The summed E-state index contributed by atoms with van der Waals surface area (Å²) >= 11 is 0. The zero-order valence-corrected chi connectivity index (χ0v) is 13.6. The zero-order chi connectivity index (χ0) is 16.8. The van der Waals surface area contributed by atoms with Crippen LogP contribution in [0.1, 0.15) is 24.8 Å². The summed E-state index contributed by atoms with van der Waals surface area (Å²) in [5, 5.41) is 15.2. The van der Waals surface area contributed by atoms with E-state index in [0.717, 1.165) is 12.8 Å². The van der Waals surface area contributed by atoms with Crippen molar-refractivity contribution in [2.24, 2.45) is 5.10 Å². The Morgan fingerprint density at radius 3 is 2.57 bits per heavy atom. The van der Waals surface area contributed by atoms with E-state index in [9.17, 15) is 9.90 Å². The van der Waals surface area contributed by atoms with Crippen LogP contribution in [-0.2, 0) is 4.79 Å². The molecule has 2 rings (SSSR count). The molecule has 1 fully saturated rings. The number of ether oxygens (including phenoxy) is 3. The van der Waals surface area contributed by atoms with E-state index in [-0.39, 0.29) is 0 Å². The standard InChI is InChI=1S/C16H22N2O5/c1-21-13-8-7-11(14(22-2)15(13)23-3)10-17-18-9-5-4-6-12(18)16(19)20/h7-8,10,12H,4-6,9H2,1-3H3,(H,19,20)/b17-10+. The monoisotopic (exact) mass is 322 g/mol. The summed E-state index contributed by atoms with van der Waals surface area (Å²) in [6.07, 6.45) is 4.05. The fraction of sp³-hybridized carbons (Fsp3) is 0.500. The van der Waals surface area contributed by atoms with Gasteiger partial charge in [0.2, 0.25) is 5.75 Å². The van der Waals surface area contributed by atoms with E-state index < -0.39 is 12.0 Å². The maximum atomic E-state index is 11.3. The van der Waals surface area contributed by atoms with Gasteiger partial charge in [0, 0.05) is 12.1 Å². The molecule has 0 saturated carbocycles. The van der Waals surface area contributed by atoms with E-state index in [0.29, 0.717) is 35.8 Å². The fourth-order valence-corrected chi connectivity index (χ4v) is 2.67. The van der Waals surface area contributed by atoms with Gasteiger partial charge in [-0.2, -0.15) is 5.10 Å². The van der Waals surface area contributed by atoms with Crippen LogP contribution < -0.4 is 14.2 Å². The Bertz CT molecular complexity index is 588. The average molecular weight is 322 g/mol. The number of hydrogen-bond donors (Lipinski definition) is 1. The van der Waals surface area contributed by atoms with E-state index in [1.165, 1.54) is 14.2 Å². The van der Waals surface area contributed by atoms with Crippen molar-refractivity contribution in [1.29, 1.82) is 0 Å². The molecule has 1 unspecified atom stereocenters. The van der Waals surface area contributed by atoms with E-state index in [2.05, 4.69) is 5.10 Å². The normalized spacial score (nSPS) is 18.0. The number of carboxylic acid groups (broad SMARTS) is 1. The maximum Gasteiger partial charge on any atom is 0.328 e. The van der Waals surface area contributed by atoms with Crippen LogP contribution in [0.3, 0.4) is 0 Å². The number of rotatable bonds is 6. The molecule has 1 saturated heterocycles. The Labute approximate surface area is 135 Å². The average Bonchev–Trinajstić information content (AvgIpc) is 2.58. The maximum absolute atomic E-state index is 11.3. The van der Waals surface area contributed by atoms with E-state index in [1.54, 1.807) is 30.5 Å². The highest BCUT2D eigenvalue weighted by Crippen LogP contribution is 2.39. The molecular formula is C16H22N2O5. The predicted molar refractivity (Wildman–Crippen MR) is 85.7 cm³/mol. The lowest BCUT2D eigenvalue weighted by Gasteiger charge is -2.30. The molecule has 0 spiro atoms. The third kappa shape index (κ3) is 3.67. The number of hydrogen-bond acceptors (Lipinski definition) is 6. The summed E-state index contributed by atoms with van der Waals surface area (Å²) in [6.45, 7) is 0.628. The largest absolute Gasteiger partial charge is 0.493 e. The molecule has 1 aliphatic rings. The summed E-state index contributed by atoms with van der Waals surface area (Å²) in [5.41, 5.74) is 0.694. The number of methoxy groups -OCH3 is 3. The molecule has 1 atom stereocenters. The minimum Gasteiger partial charge on any atom is -0.493 e. The van der Waals surface area contributed by atoms with Crippen LogP contribution in [0.25, 0.3) is 0 Å². The number of nitrogens with zero attached hydrogens (tertiary/aromatic N) is 2. The van der Waals surface area contributed by atoms with Gasteiger partial charge in [-0.25, -0.2) is 4.79 Å². The van der Waals surface area contributed by atoms with Gasteiger partial charge >= 0.3 is 5.97 Å². The number of carbonyl (C=O) groups is 1. The lowest BCUT2D eigenvalue weighted by Crippen LogP contribution is -2.41. The van der Waals surface area contributed by atoms with Crippen LogP contribution >= 0.6 is 0 Å². The molecule has 0 aliphatic carbocycles. The third-order valence-electron chi connectivity index (χ3n) is 3.84. The number of hydrazone groups is 1. The minimum absolute atomic E-state index is 0.479. The Balaban J connectivity index is 2.29. The highest BCUT2D eigenvalue weighted by atomic mass is 16.5. The third-order valence-corrected chi connectivity index (χ3v) is 3.84. The molecule has 23 heavy (non-hydrogen) atoms. The van der Waals surface area contributed by atoms with Crippen molar-refractivity contribution in [3.8, 4) is 17.2 Å². The number of carboxylic acids is 1. The van der Waals surface area contributed by atoms with Crippen LogP contribution in [0.4, 0.5) is 0 Å². The van der Waals surface area contributed by atoms with Crippen LogP contribution in [0.15, 0.2) is 17.2 Å². The highest BCUT2D eigenvalue weighted by Gasteiger charge is 2.27. The van der Waals surface area contributed by atoms with Crippen molar-refractivity contribution in [2.75, 3.05) is 27.9 Å². The quantitative estimate of drug-likeness (QED) is 0.807. The molecule has 1 aromatic carbocycles. The molecule has 0 bridgehead atoms. The van der Waals surface area contributed by atoms with Gasteiger partial charge in [0.05, 0.1) is 27.5 Å². The molecule has 7 nitrogen and oxygen atoms in total. The summed E-state index contributed by atoms with van der Waals surface area (Å²) in [6, 6.07) is 2.97. The van der Waals surface area contributed by atoms with Gasteiger partial charge in [-0.15, -0.1) is 0 Å². The first kappa shape index (κ1) is 16.9. The van der Waals surface area contributed by atoms with Crippen molar-refractivity contribution in [3.05, 3.63) is 17.7 Å². The molecule has 1 heterocycles. The van der Waals surface area contributed by atoms with Crippen molar-refractivity contribution in [2.45, 2.75) is 25.3 Å². The van der Waals surface area contributed by atoms with E-state index in [4.69, 9.17) is 14.2 Å². The minimum atomic E-state index is -0.846. The van der Waals surface area contributed by atoms with Gasteiger partial charge in [0.1, 0.15) is 6.04 Å². The first-order valence-corrected chi connectivity index (χ1v) is 7.44. The van der Waals surface area contributed by atoms with Gasteiger partial charge in [-0.05, 0) is 31.4 Å². The Morgan fingerprint density at radius 2 is 1.96 bits per heavy atom. The van der Waals surface area contributed by atoms with Crippen molar-refractivity contribution in [1.82, 2.24) is 5.01 Å². The second-order valence-corrected chi connectivity index (χ2v) is 5.18. The molecule has 0 amide bonds. The highest BCUT2D eigenvalue weighted by molar-refractivity contribution is 5.86.